The number of aliphatic hydroxyl groups is 1. The SMILES string of the molecule is CC.C[C@@H](CO)Cc1ccccc1. The minimum absolute atomic E-state index is 0.273. The van der Waals surface area contributed by atoms with E-state index in [1.807, 2.05) is 39.0 Å². The Labute approximate surface area is 81.4 Å². The molecule has 0 fully saturated rings. The molecular formula is C12H20O. The lowest BCUT2D eigenvalue weighted by molar-refractivity contribution is 0.237. The van der Waals surface area contributed by atoms with Gasteiger partial charge in [-0.1, -0.05) is 51.1 Å². The topological polar surface area (TPSA) is 20.2 Å². The van der Waals surface area contributed by atoms with Gasteiger partial charge in [0.2, 0.25) is 0 Å². The third-order valence-electron chi connectivity index (χ3n) is 1.74. The van der Waals surface area contributed by atoms with Gasteiger partial charge in [0.05, 0.1) is 0 Å². The maximum Gasteiger partial charge on any atom is 0.0459 e. The van der Waals surface area contributed by atoms with Crippen LogP contribution < -0.4 is 0 Å². The summed E-state index contributed by atoms with van der Waals surface area (Å²) in [7, 11) is 0. The van der Waals surface area contributed by atoms with Gasteiger partial charge in [0.15, 0.2) is 0 Å². The molecule has 1 rings (SSSR count). The van der Waals surface area contributed by atoms with Gasteiger partial charge in [-0.15, -0.1) is 0 Å². The first kappa shape index (κ1) is 12.2. The van der Waals surface area contributed by atoms with E-state index in [0.717, 1.165) is 6.42 Å². The monoisotopic (exact) mass is 180 g/mol. The largest absolute Gasteiger partial charge is 0.396 e. The Hall–Kier alpha value is -0.820. The van der Waals surface area contributed by atoms with Gasteiger partial charge < -0.3 is 5.11 Å². The molecule has 1 aromatic rings. The molecule has 74 valence electrons. The zero-order valence-electron chi connectivity index (χ0n) is 8.83. The Balaban J connectivity index is 0.000000671. The summed E-state index contributed by atoms with van der Waals surface area (Å²) in [6.07, 6.45) is 0.970. The van der Waals surface area contributed by atoms with E-state index in [2.05, 4.69) is 12.1 Å². The van der Waals surface area contributed by atoms with E-state index in [1.165, 1.54) is 5.56 Å². The minimum atomic E-state index is 0.273. The van der Waals surface area contributed by atoms with E-state index >= 15 is 0 Å². The average Bonchev–Trinajstić information content (AvgIpc) is 2.22. The highest BCUT2D eigenvalue weighted by molar-refractivity contribution is 5.14. The van der Waals surface area contributed by atoms with E-state index in [0.29, 0.717) is 5.92 Å². The molecule has 0 unspecified atom stereocenters. The van der Waals surface area contributed by atoms with Gasteiger partial charge in [0, 0.05) is 6.61 Å². The normalized spacial score (nSPS) is 11.4. The summed E-state index contributed by atoms with van der Waals surface area (Å²) in [6, 6.07) is 10.2. The van der Waals surface area contributed by atoms with Crippen LogP contribution in [0, 0.1) is 5.92 Å². The number of rotatable bonds is 3. The molecular weight excluding hydrogens is 160 g/mol. The first-order valence-corrected chi connectivity index (χ1v) is 4.97. The molecule has 0 amide bonds. The smallest absolute Gasteiger partial charge is 0.0459 e. The van der Waals surface area contributed by atoms with Crippen LogP contribution in [0.2, 0.25) is 0 Å². The van der Waals surface area contributed by atoms with Crippen molar-refractivity contribution in [3.05, 3.63) is 35.9 Å². The Morgan fingerprint density at radius 2 is 1.69 bits per heavy atom. The fraction of sp³-hybridized carbons (Fsp3) is 0.500. The Morgan fingerprint density at radius 3 is 2.15 bits per heavy atom. The Kier molecular flexibility index (Phi) is 7.32. The second-order valence-corrected chi connectivity index (χ2v) is 2.98. The van der Waals surface area contributed by atoms with Crippen molar-refractivity contribution in [2.45, 2.75) is 27.2 Å². The number of hydrogen-bond acceptors (Lipinski definition) is 1. The molecule has 0 aromatic heterocycles. The van der Waals surface area contributed by atoms with Gasteiger partial charge in [0.25, 0.3) is 0 Å². The fourth-order valence-corrected chi connectivity index (χ4v) is 1.08. The molecule has 1 nitrogen and oxygen atoms in total. The standard InChI is InChI=1S/C10H14O.C2H6/c1-9(8-11)7-10-5-3-2-4-6-10;1-2/h2-6,9,11H,7-8H2,1H3;1-2H3/t9-;/m1./s1. The first-order chi connectivity index (χ1) is 6.33. The Bertz CT molecular complexity index is 194. The predicted octanol–water partition coefficient (Wildman–Crippen LogP) is 2.88. The molecule has 1 atom stereocenters. The molecule has 0 aliphatic rings. The van der Waals surface area contributed by atoms with E-state index in [4.69, 9.17) is 5.11 Å². The van der Waals surface area contributed by atoms with Crippen LogP contribution in [0.15, 0.2) is 30.3 Å². The molecule has 1 heteroatoms. The molecule has 0 bridgehead atoms. The van der Waals surface area contributed by atoms with Crippen molar-refractivity contribution in [3.63, 3.8) is 0 Å². The summed E-state index contributed by atoms with van der Waals surface area (Å²) in [6.45, 7) is 6.32. The van der Waals surface area contributed by atoms with E-state index in [9.17, 15) is 0 Å². The third kappa shape index (κ3) is 5.42. The molecule has 1 N–H and O–H groups in total. The van der Waals surface area contributed by atoms with Crippen molar-refractivity contribution >= 4 is 0 Å². The van der Waals surface area contributed by atoms with Gasteiger partial charge in [-0.2, -0.15) is 0 Å². The van der Waals surface area contributed by atoms with Gasteiger partial charge in [-0.25, -0.2) is 0 Å². The van der Waals surface area contributed by atoms with Crippen molar-refractivity contribution in [2.75, 3.05) is 6.61 Å². The minimum Gasteiger partial charge on any atom is -0.396 e. The lowest BCUT2D eigenvalue weighted by Crippen LogP contribution is -2.03. The molecule has 1 aromatic carbocycles. The van der Waals surface area contributed by atoms with Crippen molar-refractivity contribution < 1.29 is 5.11 Å². The van der Waals surface area contributed by atoms with Gasteiger partial charge in [-0.05, 0) is 17.9 Å². The van der Waals surface area contributed by atoms with Crippen molar-refractivity contribution in [1.29, 1.82) is 0 Å². The van der Waals surface area contributed by atoms with Gasteiger partial charge >= 0.3 is 0 Å². The fourth-order valence-electron chi connectivity index (χ4n) is 1.08. The highest BCUT2D eigenvalue weighted by atomic mass is 16.3. The van der Waals surface area contributed by atoms with Crippen LogP contribution in [0.3, 0.4) is 0 Å². The van der Waals surface area contributed by atoms with Crippen LogP contribution >= 0.6 is 0 Å². The number of benzene rings is 1. The Morgan fingerprint density at radius 1 is 1.15 bits per heavy atom. The summed E-state index contributed by atoms with van der Waals surface area (Å²) >= 11 is 0. The van der Waals surface area contributed by atoms with Crippen LogP contribution in [0.1, 0.15) is 26.3 Å². The summed E-state index contributed by atoms with van der Waals surface area (Å²) in [4.78, 5) is 0. The van der Waals surface area contributed by atoms with Crippen LogP contribution in [0.5, 0.6) is 0 Å². The lowest BCUT2D eigenvalue weighted by atomic mass is 10.0. The van der Waals surface area contributed by atoms with Crippen molar-refractivity contribution in [2.24, 2.45) is 5.92 Å². The summed E-state index contributed by atoms with van der Waals surface area (Å²) in [5.74, 6) is 0.373. The van der Waals surface area contributed by atoms with E-state index < -0.39 is 0 Å². The second-order valence-electron chi connectivity index (χ2n) is 2.98. The third-order valence-corrected chi connectivity index (χ3v) is 1.74. The quantitative estimate of drug-likeness (QED) is 0.758. The van der Waals surface area contributed by atoms with Gasteiger partial charge in [0.1, 0.15) is 0 Å². The zero-order chi connectivity index (χ0) is 10.1. The molecule has 13 heavy (non-hydrogen) atoms. The van der Waals surface area contributed by atoms with Crippen LogP contribution in [0.25, 0.3) is 0 Å². The molecule has 0 heterocycles. The predicted molar refractivity (Wildman–Crippen MR) is 57.7 cm³/mol. The van der Waals surface area contributed by atoms with Crippen molar-refractivity contribution in [1.82, 2.24) is 0 Å². The zero-order valence-corrected chi connectivity index (χ0v) is 8.83. The van der Waals surface area contributed by atoms with Gasteiger partial charge in [-0.3, -0.25) is 0 Å². The maximum atomic E-state index is 8.80. The molecule has 0 radical (unpaired) electrons. The highest BCUT2D eigenvalue weighted by Gasteiger charge is 1.99. The number of aliphatic hydroxyl groups excluding tert-OH is 1. The average molecular weight is 180 g/mol. The van der Waals surface area contributed by atoms with E-state index in [1.54, 1.807) is 0 Å². The lowest BCUT2D eigenvalue weighted by Gasteiger charge is -2.06. The number of hydrogen-bond donors (Lipinski definition) is 1. The summed E-state index contributed by atoms with van der Waals surface area (Å²) < 4.78 is 0. The van der Waals surface area contributed by atoms with Crippen LogP contribution in [-0.2, 0) is 6.42 Å². The highest BCUT2D eigenvalue weighted by Crippen LogP contribution is 2.06. The maximum absolute atomic E-state index is 8.80. The second kappa shape index (κ2) is 7.81. The molecule has 0 aliphatic carbocycles. The summed E-state index contributed by atoms with van der Waals surface area (Å²) in [5.41, 5.74) is 1.30. The van der Waals surface area contributed by atoms with Crippen LogP contribution in [-0.4, -0.2) is 11.7 Å². The van der Waals surface area contributed by atoms with E-state index in [-0.39, 0.29) is 6.61 Å². The molecule has 0 saturated carbocycles. The summed E-state index contributed by atoms with van der Waals surface area (Å²) in [5, 5.41) is 8.80. The van der Waals surface area contributed by atoms with Crippen molar-refractivity contribution in [3.8, 4) is 0 Å². The van der Waals surface area contributed by atoms with Crippen LogP contribution in [0.4, 0.5) is 0 Å². The molecule has 0 spiro atoms. The first-order valence-electron chi connectivity index (χ1n) is 4.97. The molecule has 0 saturated heterocycles. The molecule has 0 aliphatic heterocycles.